The summed E-state index contributed by atoms with van der Waals surface area (Å²) in [5, 5.41) is 17.5. The van der Waals surface area contributed by atoms with Crippen molar-refractivity contribution < 1.29 is 5.11 Å². The van der Waals surface area contributed by atoms with Crippen LogP contribution in [0.3, 0.4) is 0 Å². The number of pyridine rings is 1. The van der Waals surface area contributed by atoms with Crippen LogP contribution in [0.1, 0.15) is 12.0 Å². The van der Waals surface area contributed by atoms with E-state index in [1.807, 2.05) is 12.1 Å². The average Bonchev–Trinajstić information content (AvgIpc) is 2.48. The van der Waals surface area contributed by atoms with Crippen molar-refractivity contribution in [3.05, 3.63) is 40.4 Å². The second kappa shape index (κ2) is 3.35. The molecule has 1 aliphatic heterocycles. The van der Waals surface area contributed by atoms with Crippen LogP contribution in [0.4, 0.5) is 5.82 Å². The zero-order valence-corrected chi connectivity index (χ0v) is 9.77. The quantitative estimate of drug-likeness (QED) is 0.729. The average molecular weight is 236 g/mol. The van der Waals surface area contributed by atoms with Crippen LogP contribution in [-0.2, 0) is 0 Å². The third-order valence-electron chi connectivity index (χ3n) is 3.56. The fourth-order valence-electron chi connectivity index (χ4n) is 2.74. The van der Waals surface area contributed by atoms with Crippen molar-refractivity contribution in [2.45, 2.75) is 6.42 Å². The normalized spacial score (nSPS) is 16.1. The number of benzene rings is 1. The number of aliphatic hydroxyl groups excluding tert-OH is 1. The Balaban J connectivity index is 2.39. The van der Waals surface area contributed by atoms with Crippen LogP contribution in [-0.4, -0.2) is 16.6 Å². The van der Waals surface area contributed by atoms with Gasteiger partial charge in [-0.05, 0) is 6.42 Å². The lowest BCUT2D eigenvalue weighted by atomic mass is 10.00. The highest BCUT2D eigenvalue weighted by atomic mass is 16.3. The molecule has 18 heavy (non-hydrogen) atoms. The lowest BCUT2D eigenvalue weighted by Crippen LogP contribution is -2.18. The monoisotopic (exact) mass is 236 g/mol. The predicted molar refractivity (Wildman–Crippen MR) is 73.6 cm³/mol. The number of nitrogens with zero attached hydrogens (tertiary/aromatic N) is 1. The Hall–Kier alpha value is -2.29. The summed E-state index contributed by atoms with van der Waals surface area (Å²) in [7, 11) is 0. The minimum absolute atomic E-state index is 0.379. The lowest BCUT2D eigenvalue weighted by molar-refractivity contribution is 0.494. The number of fused-ring (bicyclic) bond motifs is 1. The summed E-state index contributed by atoms with van der Waals surface area (Å²) in [6.07, 6.45) is 7.28. The van der Waals surface area contributed by atoms with Crippen LogP contribution in [0.2, 0.25) is 0 Å². The maximum atomic E-state index is 10.1. The number of allylic oxidation sites excluding steroid dienone is 1. The van der Waals surface area contributed by atoms with E-state index in [9.17, 15) is 5.11 Å². The predicted octanol–water partition coefficient (Wildman–Crippen LogP) is 1.52. The smallest absolute Gasteiger partial charge is 0.134 e. The standard InChI is InChI=1S/C15H12N2O/c18-13-8-16-15-11-6-3-5-10(13)14(11)9-4-1-2-7-12(9)17-15/h1,3-7,18H,2,8H2,(H,16,17). The highest BCUT2D eigenvalue weighted by Gasteiger charge is 2.15. The minimum Gasteiger partial charge on any atom is -0.510 e. The number of nitrogens with one attached hydrogen (secondary N) is 1. The zero-order chi connectivity index (χ0) is 12.1. The molecule has 2 aliphatic rings. The van der Waals surface area contributed by atoms with E-state index < -0.39 is 0 Å². The van der Waals surface area contributed by atoms with Crippen molar-refractivity contribution >= 4 is 34.5 Å². The number of aromatic nitrogens is 1. The number of hydrogen-bond donors (Lipinski definition) is 2. The minimum atomic E-state index is 0.379. The van der Waals surface area contributed by atoms with Gasteiger partial charge in [0.05, 0.1) is 11.9 Å². The third-order valence-corrected chi connectivity index (χ3v) is 3.56. The Bertz CT molecular complexity index is 818. The van der Waals surface area contributed by atoms with E-state index in [4.69, 9.17) is 0 Å². The molecule has 0 spiro atoms. The fraction of sp³-hybridized carbons (Fsp3) is 0.133. The van der Waals surface area contributed by atoms with E-state index in [-0.39, 0.29) is 0 Å². The Labute approximate surface area is 104 Å². The van der Waals surface area contributed by atoms with E-state index in [0.717, 1.165) is 39.1 Å². The molecular formula is C15H12N2O. The largest absolute Gasteiger partial charge is 0.510 e. The number of anilines is 1. The van der Waals surface area contributed by atoms with Crippen molar-refractivity contribution in [3.8, 4) is 0 Å². The first-order chi connectivity index (χ1) is 8.84. The molecule has 2 heterocycles. The third kappa shape index (κ3) is 1.16. The van der Waals surface area contributed by atoms with Gasteiger partial charge in [-0.25, -0.2) is 4.98 Å². The lowest BCUT2D eigenvalue weighted by Gasteiger charge is -2.10. The van der Waals surface area contributed by atoms with Crippen LogP contribution in [0.15, 0.2) is 24.3 Å². The van der Waals surface area contributed by atoms with Crippen LogP contribution in [0, 0.1) is 0 Å². The molecule has 0 atom stereocenters. The molecule has 0 unspecified atom stereocenters. The summed E-state index contributed by atoms with van der Waals surface area (Å²) in [5.41, 5.74) is 1.12. The molecule has 0 fully saturated rings. The Kier molecular flexibility index (Phi) is 1.81. The Morgan fingerprint density at radius 1 is 1.28 bits per heavy atom. The molecule has 4 rings (SSSR count). The fourth-order valence-corrected chi connectivity index (χ4v) is 2.74. The van der Waals surface area contributed by atoms with Crippen LogP contribution >= 0.6 is 0 Å². The van der Waals surface area contributed by atoms with Crippen molar-refractivity contribution in [1.29, 1.82) is 0 Å². The number of aliphatic hydroxyl groups is 1. The second-order valence-electron chi connectivity index (χ2n) is 4.63. The summed E-state index contributed by atoms with van der Waals surface area (Å²) >= 11 is 0. The van der Waals surface area contributed by atoms with E-state index in [0.29, 0.717) is 12.3 Å². The summed E-state index contributed by atoms with van der Waals surface area (Å²) in [6, 6.07) is 5.99. The molecule has 2 aromatic rings. The van der Waals surface area contributed by atoms with Crippen LogP contribution < -0.4 is 15.9 Å². The van der Waals surface area contributed by atoms with Gasteiger partial charge in [0.1, 0.15) is 11.6 Å². The van der Waals surface area contributed by atoms with Gasteiger partial charge in [0.2, 0.25) is 0 Å². The molecule has 2 N–H and O–H groups in total. The maximum absolute atomic E-state index is 10.1. The van der Waals surface area contributed by atoms with Gasteiger partial charge < -0.3 is 10.4 Å². The van der Waals surface area contributed by atoms with Crippen molar-refractivity contribution in [2.24, 2.45) is 0 Å². The maximum Gasteiger partial charge on any atom is 0.134 e. The Morgan fingerprint density at radius 2 is 2.22 bits per heavy atom. The topological polar surface area (TPSA) is 45.2 Å². The highest BCUT2D eigenvalue weighted by Crippen LogP contribution is 2.23. The van der Waals surface area contributed by atoms with Gasteiger partial charge in [-0.15, -0.1) is 0 Å². The summed E-state index contributed by atoms with van der Waals surface area (Å²) in [5.74, 6) is 1.24. The van der Waals surface area contributed by atoms with Gasteiger partial charge in [-0.2, -0.15) is 0 Å². The summed E-state index contributed by atoms with van der Waals surface area (Å²) in [6.45, 7) is 0.434. The Morgan fingerprint density at radius 3 is 3.17 bits per heavy atom. The summed E-state index contributed by atoms with van der Waals surface area (Å²) < 4.78 is 0. The van der Waals surface area contributed by atoms with E-state index in [2.05, 4.69) is 34.6 Å². The van der Waals surface area contributed by atoms with Crippen LogP contribution in [0.5, 0.6) is 0 Å². The molecule has 1 aromatic heterocycles. The molecule has 0 amide bonds. The van der Waals surface area contributed by atoms with Gasteiger partial charge in [0.25, 0.3) is 0 Å². The summed E-state index contributed by atoms with van der Waals surface area (Å²) in [4.78, 5) is 4.66. The van der Waals surface area contributed by atoms with Gasteiger partial charge >= 0.3 is 0 Å². The highest BCUT2D eigenvalue weighted by molar-refractivity contribution is 6.00. The molecule has 3 heteroatoms. The first-order valence-electron chi connectivity index (χ1n) is 6.10. The van der Waals surface area contributed by atoms with Gasteiger partial charge in [-0.3, -0.25) is 0 Å². The van der Waals surface area contributed by atoms with Crippen LogP contribution in [0.25, 0.3) is 28.7 Å². The molecular weight excluding hydrogens is 224 g/mol. The molecule has 1 aromatic carbocycles. The molecule has 0 saturated heterocycles. The SMILES string of the molecule is OC1=c2cccc3c(nc4c(c23)C=CCC=4)NC1. The van der Waals surface area contributed by atoms with Gasteiger partial charge in [0.15, 0.2) is 0 Å². The zero-order valence-electron chi connectivity index (χ0n) is 9.77. The molecule has 1 aliphatic carbocycles. The number of rotatable bonds is 0. The second-order valence-corrected chi connectivity index (χ2v) is 4.63. The molecule has 3 nitrogen and oxygen atoms in total. The molecule has 0 radical (unpaired) electrons. The first kappa shape index (κ1) is 9.71. The van der Waals surface area contributed by atoms with Gasteiger partial charge in [0, 0.05) is 21.6 Å². The van der Waals surface area contributed by atoms with Crippen molar-refractivity contribution in [1.82, 2.24) is 4.98 Å². The molecule has 4 bridgehead atoms. The van der Waals surface area contributed by atoms with Crippen molar-refractivity contribution in [2.75, 3.05) is 11.9 Å². The van der Waals surface area contributed by atoms with Gasteiger partial charge in [-0.1, -0.05) is 36.4 Å². The first-order valence-corrected chi connectivity index (χ1v) is 6.10. The van der Waals surface area contributed by atoms with E-state index in [1.165, 1.54) is 0 Å². The molecule has 88 valence electrons. The van der Waals surface area contributed by atoms with Crippen molar-refractivity contribution in [3.63, 3.8) is 0 Å². The number of hydrogen-bond acceptors (Lipinski definition) is 3. The van der Waals surface area contributed by atoms with E-state index >= 15 is 0 Å². The van der Waals surface area contributed by atoms with E-state index in [1.54, 1.807) is 0 Å². The molecule has 0 saturated carbocycles.